The summed E-state index contributed by atoms with van der Waals surface area (Å²) in [4.78, 5) is 0. The van der Waals surface area contributed by atoms with Crippen LogP contribution >= 0.6 is 0 Å². The first-order chi connectivity index (χ1) is 9.31. The second-order valence-electron chi connectivity index (χ2n) is 4.53. The van der Waals surface area contributed by atoms with Crippen LogP contribution in [0.5, 0.6) is 0 Å². The zero-order valence-corrected chi connectivity index (χ0v) is 12.8. The first-order valence-corrected chi connectivity index (χ1v) is 7.26. The van der Waals surface area contributed by atoms with Crippen molar-refractivity contribution in [1.29, 1.82) is 0 Å². The maximum atomic E-state index is 5.48. The predicted molar refractivity (Wildman–Crippen MR) is 76.7 cm³/mol. The second kappa shape index (κ2) is 15.9. The summed E-state index contributed by atoms with van der Waals surface area (Å²) in [5.41, 5.74) is 0. The third-order valence-electron chi connectivity index (χ3n) is 2.71. The number of rotatable bonds is 15. The minimum atomic E-state index is 0.612. The molecular weight excluding hydrogens is 246 g/mol. The van der Waals surface area contributed by atoms with Gasteiger partial charge in [-0.3, -0.25) is 0 Å². The molecule has 0 aromatic carbocycles. The standard InChI is InChI=1S/C14H31NO4/c1-4-14(2)13-19-12-11-18-10-9-17-8-7-16-6-5-15-3/h14-15H,4-13H2,1-3H3. The fraction of sp³-hybridized carbons (Fsp3) is 1.00. The molecule has 0 aliphatic heterocycles. The summed E-state index contributed by atoms with van der Waals surface area (Å²) in [7, 11) is 1.91. The van der Waals surface area contributed by atoms with Crippen molar-refractivity contribution in [2.24, 2.45) is 5.92 Å². The van der Waals surface area contributed by atoms with Crippen molar-refractivity contribution < 1.29 is 18.9 Å². The van der Waals surface area contributed by atoms with E-state index in [2.05, 4.69) is 19.2 Å². The van der Waals surface area contributed by atoms with E-state index in [1.807, 2.05) is 7.05 Å². The molecule has 0 rings (SSSR count). The van der Waals surface area contributed by atoms with E-state index in [0.717, 1.165) is 26.2 Å². The van der Waals surface area contributed by atoms with Gasteiger partial charge in [0.15, 0.2) is 0 Å². The first-order valence-electron chi connectivity index (χ1n) is 7.26. The Kier molecular flexibility index (Phi) is 15.7. The molecule has 1 unspecified atom stereocenters. The van der Waals surface area contributed by atoms with E-state index in [1.54, 1.807) is 0 Å². The molecule has 0 aliphatic rings. The van der Waals surface area contributed by atoms with Gasteiger partial charge in [0, 0.05) is 13.2 Å². The van der Waals surface area contributed by atoms with Gasteiger partial charge in [0.05, 0.1) is 46.2 Å². The van der Waals surface area contributed by atoms with Crippen LogP contribution in [0.2, 0.25) is 0 Å². The highest BCUT2D eigenvalue weighted by Crippen LogP contribution is 1.99. The summed E-state index contributed by atoms with van der Waals surface area (Å²) >= 11 is 0. The molecule has 0 aromatic heterocycles. The molecule has 1 N–H and O–H groups in total. The van der Waals surface area contributed by atoms with E-state index in [1.165, 1.54) is 0 Å². The molecule has 19 heavy (non-hydrogen) atoms. The number of hydrogen-bond donors (Lipinski definition) is 1. The van der Waals surface area contributed by atoms with Gasteiger partial charge in [-0.1, -0.05) is 20.3 Å². The van der Waals surface area contributed by atoms with Gasteiger partial charge in [-0.05, 0) is 13.0 Å². The van der Waals surface area contributed by atoms with Crippen molar-refractivity contribution in [3.63, 3.8) is 0 Å². The number of ether oxygens (including phenoxy) is 4. The van der Waals surface area contributed by atoms with Crippen molar-refractivity contribution >= 4 is 0 Å². The molecule has 1 atom stereocenters. The first kappa shape index (κ1) is 18.8. The van der Waals surface area contributed by atoms with Crippen molar-refractivity contribution in [2.75, 3.05) is 66.4 Å². The zero-order valence-electron chi connectivity index (χ0n) is 12.8. The Morgan fingerprint density at radius 3 is 1.74 bits per heavy atom. The van der Waals surface area contributed by atoms with Gasteiger partial charge in [-0.2, -0.15) is 0 Å². The minimum Gasteiger partial charge on any atom is -0.379 e. The van der Waals surface area contributed by atoms with Crippen molar-refractivity contribution in [3.05, 3.63) is 0 Å². The molecule has 0 saturated carbocycles. The Labute approximate surface area is 117 Å². The van der Waals surface area contributed by atoms with E-state index in [9.17, 15) is 0 Å². The third-order valence-corrected chi connectivity index (χ3v) is 2.71. The minimum absolute atomic E-state index is 0.612. The molecule has 0 saturated heterocycles. The zero-order chi connectivity index (χ0) is 14.2. The highest BCUT2D eigenvalue weighted by molar-refractivity contribution is 4.45. The molecule has 0 bridgehead atoms. The molecule has 5 nitrogen and oxygen atoms in total. The summed E-state index contributed by atoms with van der Waals surface area (Å²) in [6, 6.07) is 0. The Hall–Kier alpha value is -0.200. The van der Waals surface area contributed by atoms with E-state index in [0.29, 0.717) is 45.6 Å². The Morgan fingerprint density at radius 1 is 0.789 bits per heavy atom. The van der Waals surface area contributed by atoms with Gasteiger partial charge in [0.25, 0.3) is 0 Å². The summed E-state index contributed by atoms with van der Waals surface area (Å²) in [6.45, 7) is 10.6. The maximum absolute atomic E-state index is 5.48. The average molecular weight is 277 g/mol. The highest BCUT2D eigenvalue weighted by Gasteiger charge is 1.97. The van der Waals surface area contributed by atoms with Gasteiger partial charge >= 0.3 is 0 Å². The van der Waals surface area contributed by atoms with Crippen LogP contribution in [-0.2, 0) is 18.9 Å². The van der Waals surface area contributed by atoms with Crippen molar-refractivity contribution in [1.82, 2.24) is 5.32 Å². The fourth-order valence-corrected chi connectivity index (χ4v) is 1.24. The van der Waals surface area contributed by atoms with Crippen LogP contribution in [0.1, 0.15) is 20.3 Å². The van der Waals surface area contributed by atoms with Crippen LogP contribution in [0.25, 0.3) is 0 Å². The van der Waals surface area contributed by atoms with Crippen molar-refractivity contribution in [3.8, 4) is 0 Å². The van der Waals surface area contributed by atoms with Gasteiger partial charge < -0.3 is 24.3 Å². The van der Waals surface area contributed by atoms with Gasteiger partial charge in [-0.25, -0.2) is 0 Å². The lowest BCUT2D eigenvalue weighted by Gasteiger charge is -2.10. The topological polar surface area (TPSA) is 49.0 Å². The Balaban J connectivity index is 2.95. The van der Waals surface area contributed by atoms with Crippen LogP contribution in [0.15, 0.2) is 0 Å². The number of nitrogens with one attached hydrogen (secondary N) is 1. The van der Waals surface area contributed by atoms with Gasteiger partial charge in [0.2, 0.25) is 0 Å². The lowest BCUT2D eigenvalue weighted by molar-refractivity contribution is -0.00495. The highest BCUT2D eigenvalue weighted by atomic mass is 16.6. The molecule has 116 valence electrons. The average Bonchev–Trinajstić information content (AvgIpc) is 2.43. The quantitative estimate of drug-likeness (QED) is 0.458. The Bertz CT molecular complexity index is 170. The van der Waals surface area contributed by atoms with Crippen LogP contribution in [0, 0.1) is 5.92 Å². The fourth-order valence-electron chi connectivity index (χ4n) is 1.24. The molecule has 0 heterocycles. The van der Waals surface area contributed by atoms with Crippen molar-refractivity contribution in [2.45, 2.75) is 20.3 Å². The molecular formula is C14H31NO4. The molecule has 0 aliphatic carbocycles. The normalized spacial score (nSPS) is 12.8. The predicted octanol–water partition coefficient (Wildman–Crippen LogP) is 1.32. The number of likely N-dealkylation sites (N-methyl/N-ethyl adjacent to an activating group) is 1. The van der Waals surface area contributed by atoms with Gasteiger partial charge in [0.1, 0.15) is 0 Å². The molecule has 0 aromatic rings. The molecule has 0 spiro atoms. The molecule has 0 radical (unpaired) electrons. The van der Waals surface area contributed by atoms with Crippen LogP contribution < -0.4 is 5.32 Å². The molecule has 0 amide bonds. The lowest BCUT2D eigenvalue weighted by Crippen LogP contribution is -2.17. The summed E-state index contributed by atoms with van der Waals surface area (Å²) in [5, 5.41) is 3.02. The largest absolute Gasteiger partial charge is 0.379 e. The number of hydrogen-bond acceptors (Lipinski definition) is 5. The monoisotopic (exact) mass is 277 g/mol. The smallest absolute Gasteiger partial charge is 0.0701 e. The second-order valence-corrected chi connectivity index (χ2v) is 4.53. The van der Waals surface area contributed by atoms with Crippen LogP contribution in [-0.4, -0.2) is 66.4 Å². The summed E-state index contributed by atoms with van der Waals surface area (Å²) < 4.78 is 21.6. The van der Waals surface area contributed by atoms with E-state index >= 15 is 0 Å². The summed E-state index contributed by atoms with van der Waals surface area (Å²) in [5.74, 6) is 0.631. The third kappa shape index (κ3) is 15.7. The van der Waals surface area contributed by atoms with Crippen LogP contribution in [0.4, 0.5) is 0 Å². The molecule has 5 heteroatoms. The lowest BCUT2D eigenvalue weighted by atomic mass is 10.1. The summed E-state index contributed by atoms with van der Waals surface area (Å²) in [6.07, 6.45) is 1.16. The van der Waals surface area contributed by atoms with Crippen LogP contribution in [0.3, 0.4) is 0 Å². The maximum Gasteiger partial charge on any atom is 0.0701 e. The molecule has 0 fully saturated rings. The van der Waals surface area contributed by atoms with E-state index < -0.39 is 0 Å². The Morgan fingerprint density at radius 2 is 1.26 bits per heavy atom. The van der Waals surface area contributed by atoms with E-state index in [-0.39, 0.29) is 0 Å². The SMILES string of the molecule is CCC(C)COCCOCCOCCOCCNC. The van der Waals surface area contributed by atoms with Gasteiger partial charge in [-0.15, -0.1) is 0 Å². The van der Waals surface area contributed by atoms with E-state index in [4.69, 9.17) is 18.9 Å².